The Bertz CT molecular complexity index is 219. The van der Waals surface area contributed by atoms with E-state index in [9.17, 15) is 13.6 Å². The molecule has 2 atom stereocenters. The van der Waals surface area contributed by atoms with Crippen molar-refractivity contribution in [3.8, 4) is 0 Å². The van der Waals surface area contributed by atoms with Crippen LogP contribution in [0.15, 0.2) is 0 Å². The lowest BCUT2D eigenvalue weighted by atomic mass is 9.91. The zero-order valence-corrected chi connectivity index (χ0v) is 8.22. The molecule has 0 saturated heterocycles. The molecule has 1 aliphatic carbocycles. The Morgan fingerprint density at radius 2 is 2.21 bits per heavy atom. The van der Waals surface area contributed by atoms with Crippen molar-refractivity contribution in [2.24, 2.45) is 5.73 Å². The SMILES string of the molecule is C[C@H](N)C(=O)NC1CCCCC1(F)F. The molecule has 5 heteroatoms. The van der Waals surface area contributed by atoms with Crippen molar-refractivity contribution in [1.82, 2.24) is 5.32 Å². The Morgan fingerprint density at radius 1 is 1.57 bits per heavy atom. The first kappa shape index (κ1) is 11.4. The van der Waals surface area contributed by atoms with Crippen LogP contribution in [0.1, 0.15) is 32.6 Å². The predicted molar refractivity (Wildman–Crippen MR) is 49.0 cm³/mol. The van der Waals surface area contributed by atoms with E-state index in [-0.39, 0.29) is 6.42 Å². The van der Waals surface area contributed by atoms with Gasteiger partial charge in [-0.2, -0.15) is 0 Å². The summed E-state index contributed by atoms with van der Waals surface area (Å²) in [6.45, 7) is 1.48. The smallest absolute Gasteiger partial charge is 0.267 e. The van der Waals surface area contributed by atoms with Crippen LogP contribution in [0.4, 0.5) is 8.78 Å². The lowest BCUT2D eigenvalue weighted by Gasteiger charge is -2.32. The van der Waals surface area contributed by atoms with Gasteiger partial charge in [0.15, 0.2) is 0 Å². The molecule has 0 spiro atoms. The summed E-state index contributed by atoms with van der Waals surface area (Å²) in [5, 5.41) is 2.29. The summed E-state index contributed by atoms with van der Waals surface area (Å²) in [5.41, 5.74) is 5.28. The van der Waals surface area contributed by atoms with Crippen LogP contribution in [0.25, 0.3) is 0 Å². The molecule has 1 rings (SSSR count). The minimum Gasteiger partial charge on any atom is -0.346 e. The lowest BCUT2D eigenvalue weighted by Crippen LogP contribution is -2.53. The first-order valence-corrected chi connectivity index (χ1v) is 4.87. The third kappa shape index (κ3) is 2.64. The molecule has 82 valence electrons. The monoisotopic (exact) mass is 206 g/mol. The van der Waals surface area contributed by atoms with E-state index in [4.69, 9.17) is 5.73 Å². The number of rotatable bonds is 2. The maximum absolute atomic E-state index is 13.2. The van der Waals surface area contributed by atoms with Crippen LogP contribution >= 0.6 is 0 Å². The van der Waals surface area contributed by atoms with E-state index in [1.165, 1.54) is 6.92 Å². The molecule has 1 unspecified atom stereocenters. The Labute approximate surface area is 82.0 Å². The zero-order valence-electron chi connectivity index (χ0n) is 8.22. The molecular formula is C9H16F2N2O. The Balaban J connectivity index is 2.54. The summed E-state index contributed by atoms with van der Waals surface area (Å²) in [6, 6.07) is -1.76. The van der Waals surface area contributed by atoms with E-state index in [1.807, 2.05) is 0 Å². The third-order valence-corrected chi connectivity index (χ3v) is 2.49. The van der Waals surface area contributed by atoms with Gasteiger partial charge in [-0.05, 0) is 19.8 Å². The summed E-state index contributed by atoms with van der Waals surface area (Å²) < 4.78 is 26.5. The van der Waals surface area contributed by atoms with Gasteiger partial charge < -0.3 is 11.1 Å². The highest BCUT2D eigenvalue weighted by atomic mass is 19.3. The number of carbonyl (C=O) groups excluding carboxylic acids is 1. The number of hydrogen-bond acceptors (Lipinski definition) is 2. The predicted octanol–water partition coefficient (Wildman–Crippen LogP) is 1.03. The summed E-state index contributed by atoms with van der Waals surface area (Å²) in [6.07, 6.45) is 1.46. The first-order chi connectivity index (χ1) is 6.43. The second-order valence-electron chi connectivity index (χ2n) is 3.86. The average molecular weight is 206 g/mol. The van der Waals surface area contributed by atoms with Gasteiger partial charge in [0.05, 0.1) is 12.1 Å². The largest absolute Gasteiger partial charge is 0.346 e. The summed E-state index contributed by atoms with van der Waals surface area (Å²) >= 11 is 0. The van der Waals surface area contributed by atoms with Crippen molar-refractivity contribution in [3.05, 3.63) is 0 Å². The van der Waals surface area contributed by atoms with Crippen molar-refractivity contribution in [2.45, 2.75) is 50.6 Å². The molecule has 0 aromatic carbocycles. The van der Waals surface area contributed by atoms with Gasteiger partial charge >= 0.3 is 0 Å². The van der Waals surface area contributed by atoms with Gasteiger partial charge in [0.2, 0.25) is 5.91 Å². The number of alkyl halides is 2. The molecule has 14 heavy (non-hydrogen) atoms. The standard InChI is InChI=1S/C9H16F2N2O/c1-6(12)8(14)13-7-4-2-3-5-9(7,10)11/h6-7H,2-5,12H2,1H3,(H,13,14)/t6-,7?/m0/s1. The fraction of sp³-hybridized carbons (Fsp3) is 0.889. The van der Waals surface area contributed by atoms with Crippen LogP contribution in [0, 0.1) is 0 Å². The van der Waals surface area contributed by atoms with Gasteiger partial charge in [-0.25, -0.2) is 8.78 Å². The molecule has 0 aromatic rings. The van der Waals surface area contributed by atoms with Crippen molar-refractivity contribution < 1.29 is 13.6 Å². The molecule has 1 aliphatic rings. The fourth-order valence-electron chi connectivity index (χ4n) is 1.58. The van der Waals surface area contributed by atoms with Crippen LogP contribution in [-0.4, -0.2) is 23.9 Å². The minimum absolute atomic E-state index is 0.142. The van der Waals surface area contributed by atoms with E-state index >= 15 is 0 Å². The molecule has 1 fully saturated rings. The van der Waals surface area contributed by atoms with Gasteiger partial charge in [-0.3, -0.25) is 4.79 Å². The Kier molecular flexibility index (Phi) is 3.42. The van der Waals surface area contributed by atoms with Gasteiger partial charge in [-0.15, -0.1) is 0 Å². The van der Waals surface area contributed by atoms with Crippen LogP contribution in [0.2, 0.25) is 0 Å². The highest BCUT2D eigenvalue weighted by Crippen LogP contribution is 2.33. The van der Waals surface area contributed by atoms with Crippen LogP contribution in [0.3, 0.4) is 0 Å². The third-order valence-electron chi connectivity index (χ3n) is 2.49. The zero-order chi connectivity index (χ0) is 10.8. The lowest BCUT2D eigenvalue weighted by molar-refractivity contribution is -0.128. The summed E-state index contributed by atoms with van der Waals surface area (Å²) in [5.74, 6) is -3.28. The summed E-state index contributed by atoms with van der Waals surface area (Å²) in [4.78, 5) is 11.1. The quantitative estimate of drug-likeness (QED) is 0.709. The van der Waals surface area contributed by atoms with E-state index < -0.39 is 23.9 Å². The van der Waals surface area contributed by atoms with Gasteiger partial charge in [-0.1, -0.05) is 6.42 Å². The number of hydrogen-bond donors (Lipinski definition) is 2. The highest BCUT2D eigenvalue weighted by molar-refractivity contribution is 5.81. The van der Waals surface area contributed by atoms with Crippen LogP contribution in [0.5, 0.6) is 0 Å². The molecule has 1 saturated carbocycles. The van der Waals surface area contributed by atoms with Crippen molar-refractivity contribution in [1.29, 1.82) is 0 Å². The van der Waals surface area contributed by atoms with E-state index in [1.54, 1.807) is 0 Å². The number of nitrogens with two attached hydrogens (primary N) is 1. The average Bonchev–Trinajstić information content (AvgIpc) is 2.08. The highest BCUT2D eigenvalue weighted by Gasteiger charge is 2.42. The molecule has 0 aliphatic heterocycles. The van der Waals surface area contributed by atoms with Crippen LogP contribution in [-0.2, 0) is 4.79 Å². The number of carbonyl (C=O) groups is 1. The molecule has 0 heterocycles. The number of halogens is 2. The maximum atomic E-state index is 13.2. The molecule has 3 nitrogen and oxygen atoms in total. The number of amides is 1. The normalized spacial score (nSPS) is 28.1. The molecule has 0 radical (unpaired) electrons. The topological polar surface area (TPSA) is 55.1 Å². The van der Waals surface area contributed by atoms with Gasteiger partial charge in [0, 0.05) is 6.42 Å². The maximum Gasteiger partial charge on any atom is 0.267 e. The van der Waals surface area contributed by atoms with E-state index in [0.29, 0.717) is 12.8 Å². The first-order valence-electron chi connectivity index (χ1n) is 4.87. The van der Waals surface area contributed by atoms with E-state index in [0.717, 1.165) is 6.42 Å². The van der Waals surface area contributed by atoms with Gasteiger partial charge in [0.25, 0.3) is 5.92 Å². The molecule has 1 amide bonds. The minimum atomic E-state index is -2.78. The molecular weight excluding hydrogens is 190 g/mol. The van der Waals surface area contributed by atoms with E-state index in [2.05, 4.69) is 5.32 Å². The van der Waals surface area contributed by atoms with Crippen molar-refractivity contribution in [3.63, 3.8) is 0 Å². The second-order valence-corrected chi connectivity index (χ2v) is 3.86. The second kappa shape index (κ2) is 4.21. The number of nitrogens with one attached hydrogen (secondary N) is 1. The Morgan fingerprint density at radius 3 is 2.71 bits per heavy atom. The van der Waals surface area contributed by atoms with Crippen molar-refractivity contribution in [2.75, 3.05) is 0 Å². The molecule has 0 aromatic heterocycles. The Hall–Kier alpha value is -0.710. The fourth-order valence-corrected chi connectivity index (χ4v) is 1.58. The molecule has 0 bridgehead atoms. The van der Waals surface area contributed by atoms with Crippen LogP contribution < -0.4 is 11.1 Å². The van der Waals surface area contributed by atoms with Crippen molar-refractivity contribution >= 4 is 5.91 Å². The molecule has 3 N–H and O–H groups in total. The van der Waals surface area contributed by atoms with Gasteiger partial charge in [0.1, 0.15) is 0 Å². The summed E-state index contributed by atoms with van der Waals surface area (Å²) in [7, 11) is 0.